The van der Waals surface area contributed by atoms with Gasteiger partial charge in [0.2, 0.25) is 0 Å². The molecule has 14 heavy (non-hydrogen) atoms. The van der Waals surface area contributed by atoms with Crippen molar-refractivity contribution in [2.24, 2.45) is 5.92 Å². The van der Waals surface area contributed by atoms with Gasteiger partial charge in [-0.1, -0.05) is 6.42 Å². The molecule has 0 aromatic carbocycles. The highest BCUT2D eigenvalue weighted by Crippen LogP contribution is 2.24. The fourth-order valence-corrected chi connectivity index (χ4v) is 1.86. The van der Waals surface area contributed by atoms with Crippen LogP contribution in [0.1, 0.15) is 25.7 Å². The summed E-state index contributed by atoms with van der Waals surface area (Å²) in [6.45, 7) is -0.336. The number of halogens is 2. The fraction of sp³-hybridized carbons (Fsp3) is 0.889. The topological polar surface area (TPSA) is 49.3 Å². The van der Waals surface area contributed by atoms with E-state index in [9.17, 15) is 13.6 Å². The molecule has 0 amide bonds. The highest BCUT2D eigenvalue weighted by atomic mass is 19.3. The van der Waals surface area contributed by atoms with Gasteiger partial charge in [0.05, 0.1) is 12.5 Å². The Kier molecular flexibility index (Phi) is 4.25. The van der Waals surface area contributed by atoms with Crippen LogP contribution in [0.3, 0.4) is 0 Å². The van der Waals surface area contributed by atoms with E-state index in [0.29, 0.717) is 12.8 Å². The molecule has 0 bridgehead atoms. The predicted molar refractivity (Wildman–Crippen MR) is 47.4 cm³/mol. The molecule has 1 saturated carbocycles. The zero-order valence-electron chi connectivity index (χ0n) is 7.88. The Morgan fingerprint density at radius 1 is 1.50 bits per heavy atom. The van der Waals surface area contributed by atoms with E-state index in [0.717, 1.165) is 12.8 Å². The normalized spacial score (nSPS) is 27.9. The van der Waals surface area contributed by atoms with Gasteiger partial charge in [0.25, 0.3) is 6.43 Å². The molecule has 3 nitrogen and oxygen atoms in total. The third-order valence-electron chi connectivity index (χ3n) is 2.58. The number of alkyl halides is 2. The summed E-state index contributed by atoms with van der Waals surface area (Å²) >= 11 is 0. The first kappa shape index (κ1) is 11.4. The number of aliphatic carboxylic acids is 1. The van der Waals surface area contributed by atoms with Gasteiger partial charge in [0.15, 0.2) is 0 Å². The third kappa shape index (κ3) is 3.57. The van der Waals surface area contributed by atoms with Crippen molar-refractivity contribution >= 4 is 5.97 Å². The van der Waals surface area contributed by atoms with Crippen LogP contribution in [0.25, 0.3) is 0 Å². The molecule has 1 fully saturated rings. The molecule has 0 aliphatic heterocycles. The van der Waals surface area contributed by atoms with Crippen molar-refractivity contribution in [2.75, 3.05) is 6.54 Å². The van der Waals surface area contributed by atoms with Crippen molar-refractivity contribution in [3.63, 3.8) is 0 Å². The first-order valence-corrected chi connectivity index (χ1v) is 4.84. The standard InChI is InChI=1S/C9H15F2NO2/c10-8(11)5-12-7-3-1-2-6(4-7)9(13)14/h6-8,12H,1-5H2,(H,13,14). The average Bonchev–Trinajstić information content (AvgIpc) is 2.15. The van der Waals surface area contributed by atoms with Crippen LogP contribution in [0.5, 0.6) is 0 Å². The summed E-state index contributed by atoms with van der Waals surface area (Å²) in [5, 5.41) is 11.5. The summed E-state index contributed by atoms with van der Waals surface area (Å²) < 4.78 is 23.7. The van der Waals surface area contributed by atoms with Crippen LogP contribution < -0.4 is 5.32 Å². The minimum atomic E-state index is -2.36. The lowest BCUT2D eigenvalue weighted by Crippen LogP contribution is -2.38. The molecular weight excluding hydrogens is 192 g/mol. The number of carbonyl (C=O) groups is 1. The van der Waals surface area contributed by atoms with Gasteiger partial charge < -0.3 is 10.4 Å². The second kappa shape index (κ2) is 5.24. The Morgan fingerprint density at radius 2 is 2.21 bits per heavy atom. The van der Waals surface area contributed by atoms with Gasteiger partial charge in [-0.15, -0.1) is 0 Å². The van der Waals surface area contributed by atoms with E-state index in [1.54, 1.807) is 0 Å². The summed E-state index contributed by atoms with van der Waals surface area (Å²) in [5.41, 5.74) is 0. The van der Waals surface area contributed by atoms with Crippen LogP contribution in [0.4, 0.5) is 8.78 Å². The van der Waals surface area contributed by atoms with Crippen LogP contribution in [-0.2, 0) is 4.79 Å². The van der Waals surface area contributed by atoms with E-state index in [4.69, 9.17) is 5.11 Å². The molecule has 0 aromatic heterocycles. The lowest BCUT2D eigenvalue weighted by molar-refractivity contribution is -0.143. The van der Waals surface area contributed by atoms with Gasteiger partial charge in [-0.2, -0.15) is 0 Å². The smallest absolute Gasteiger partial charge is 0.306 e. The molecule has 2 N–H and O–H groups in total. The van der Waals surface area contributed by atoms with Gasteiger partial charge >= 0.3 is 5.97 Å². The second-order valence-corrected chi connectivity index (χ2v) is 3.70. The number of hydrogen-bond acceptors (Lipinski definition) is 2. The van der Waals surface area contributed by atoms with Crippen LogP contribution in [-0.4, -0.2) is 30.1 Å². The molecule has 0 spiro atoms. The van der Waals surface area contributed by atoms with Crippen molar-refractivity contribution in [1.82, 2.24) is 5.32 Å². The zero-order valence-corrected chi connectivity index (χ0v) is 7.88. The monoisotopic (exact) mass is 207 g/mol. The SMILES string of the molecule is O=C(O)C1CCCC(NCC(F)F)C1. The molecule has 0 radical (unpaired) electrons. The number of carboxylic acids is 1. The average molecular weight is 207 g/mol. The van der Waals surface area contributed by atoms with Crippen molar-refractivity contribution < 1.29 is 18.7 Å². The van der Waals surface area contributed by atoms with Crippen LogP contribution in [0.15, 0.2) is 0 Å². The molecule has 0 heterocycles. The number of nitrogens with one attached hydrogen (secondary N) is 1. The Labute approximate surface area is 81.5 Å². The molecule has 1 aliphatic rings. The van der Waals surface area contributed by atoms with E-state index >= 15 is 0 Å². The number of carboxylic acid groups (broad SMARTS) is 1. The molecule has 1 aliphatic carbocycles. The summed E-state index contributed by atoms with van der Waals surface area (Å²) in [4.78, 5) is 10.7. The Balaban J connectivity index is 2.29. The maximum atomic E-state index is 11.9. The predicted octanol–water partition coefficient (Wildman–Crippen LogP) is 1.48. The van der Waals surface area contributed by atoms with Crippen LogP contribution in [0, 0.1) is 5.92 Å². The maximum absolute atomic E-state index is 11.9. The molecule has 2 unspecified atom stereocenters. The lowest BCUT2D eigenvalue weighted by Gasteiger charge is -2.27. The van der Waals surface area contributed by atoms with Crippen molar-refractivity contribution in [3.8, 4) is 0 Å². The molecule has 2 atom stereocenters. The number of hydrogen-bond donors (Lipinski definition) is 2. The van der Waals surface area contributed by atoms with Gasteiger partial charge in [-0.25, -0.2) is 8.78 Å². The van der Waals surface area contributed by atoms with Gasteiger partial charge in [-0.3, -0.25) is 4.79 Å². The summed E-state index contributed by atoms with van der Waals surface area (Å²) in [7, 11) is 0. The van der Waals surface area contributed by atoms with E-state index in [1.807, 2.05) is 0 Å². The molecule has 1 rings (SSSR count). The largest absolute Gasteiger partial charge is 0.481 e. The fourth-order valence-electron chi connectivity index (χ4n) is 1.86. The maximum Gasteiger partial charge on any atom is 0.306 e. The zero-order chi connectivity index (χ0) is 10.6. The number of rotatable bonds is 4. The Hall–Kier alpha value is -0.710. The van der Waals surface area contributed by atoms with Gasteiger partial charge in [0, 0.05) is 6.04 Å². The van der Waals surface area contributed by atoms with Gasteiger partial charge in [0.1, 0.15) is 0 Å². The van der Waals surface area contributed by atoms with E-state index in [1.165, 1.54) is 0 Å². The van der Waals surface area contributed by atoms with Crippen LogP contribution >= 0.6 is 0 Å². The summed E-state index contributed by atoms with van der Waals surface area (Å²) in [5.74, 6) is -1.17. The van der Waals surface area contributed by atoms with Crippen molar-refractivity contribution in [2.45, 2.75) is 38.2 Å². The molecular formula is C9H15F2NO2. The molecule has 82 valence electrons. The van der Waals surface area contributed by atoms with E-state index in [-0.39, 0.29) is 18.5 Å². The second-order valence-electron chi connectivity index (χ2n) is 3.70. The molecule has 0 aromatic rings. The molecule has 5 heteroatoms. The first-order chi connectivity index (χ1) is 6.59. The summed E-state index contributed by atoms with van der Waals surface area (Å²) in [6, 6.07) is -0.0566. The highest BCUT2D eigenvalue weighted by Gasteiger charge is 2.26. The van der Waals surface area contributed by atoms with E-state index < -0.39 is 12.4 Å². The highest BCUT2D eigenvalue weighted by molar-refractivity contribution is 5.70. The van der Waals surface area contributed by atoms with Crippen molar-refractivity contribution in [1.29, 1.82) is 0 Å². The first-order valence-electron chi connectivity index (χ1n) is 4.84. The van der Waals surface area contributed by atoms with Gasteiger partial charge in [-0.05, 0) is 19.3 Å². The Morgan fingerprint density at radius 3 is 2.79 bits per heavy atom. The van der Waals surface area contributed by atoms with Crippen LogP contribution in [0.2, 0.25) is 0 Å². The molecule has 0 saturated heterocycles. The Bertz CT molecular complexity index is 199. The van der Waals surface area contributed by atoms with E-state index in [2.05, 4.69) is 5.32 Å². The summed E-state index contributed by atoms with van der Waals surface area (Å²) in [6.07, 6.45) is 0.388. The minimum absolute atomic E-state index is 0.0566. The lowest BCUT2D eigenvalue weighted by atomic mass is 9.86. The third-order valence-corrected chi connectivity index (χ3v) is 2.58. The van der Waals surface area contributed by atoms with Crippen molar-refractivity contribution in [3.05, 3.63) is 0 Å². The minimum Gasteiger partial charge on any atom is -0.481 e. The quantitative estimate of drug-likeness (QED) is 0.734.